The van der Waals surface area contributed by atoms with Crippen molar-refractivity contribution in [2.45, 2.75) is 38.3 Å². The van der Waals surface area contributed by atoms with Crippen molar-refractivity contribution in [3.8, 4) is 0 Å². The molecule has 1 amide bonds. The van der Waals surface area contributed by atoms with Gasteiger partial charge in [0.2, 0.25) is 5.91 Å². The molecule has 1 aliphatic heterocycles. The Morgan fingerprint density at radius 3 is 2.38 bits per heavy atom. The van der Waals surface area contributed by atoms with Crippen LogP contribution in [-0.4, -0.2) is 21.8 Å². The van der Waals surface area contributed by atoms with Gasteiger partial charge in [-0.2, -0.15) is 0 Å². The normalized spacial score (nSPS) is 20.9. The Bertz CT molecular complexity index is 728. The van der Waals surface area contributed by atoms with Crippen LogP contribution in [0.1, 0.15) is 36.8 Å². The summed E-state index contributed by atoms with van der Waals surface area (Å²) in [5, 5.41) is 10.8. The van der Waals surface area contributed by atoms with E-state index in [9.17, 15) is 14.9 Å². The Morgan fingerprint density at radius 2 is 1.75 bits per heavy atom. The van der Waals surface area contributed by atoms with Gasteiger partial charge in [0.1, 0.15) is 0 Å². The molecule has 5 nitrogen and oxygen atoms in total. The van der Waals surface area contributed by atoms with Gasteiger partial charge < -0.3 is 4.90 Å². The Labute approximate surface area is 141 Å². The Morgan fingerprint density at radius 1 is 1.08 bits per heavy atom. The molecule has 0 saturated carbocycles. The molecule has 1 fully saturated rings. The van der Waals surface area contributed by atoms with Gasteiger partial charge in [0, 0.05) is 24.7 Å². The van der Waals surface area contributed by atoms with Gasteiger partial charge in [-0.25, -0.2) is 0 Å². The molecule has 2 aromatic rings. The van der Waals surface area contributed by atoms with Crippen molar-refractivity contribution in [3.05, 3.63) is 75.8 Å². The number of hydrogen-bond acceptors (Lipinski definition) is 3. The predicted molar refractivity (Wildman–Crippen MR) is 91.5 cm³/mol. The van der Waals surface area contributed by atoms with Crippen molar-refractivity contribution in [1.29, 1.82) is 0 Å². The molecule has 24 heavy (non-hydrogen) atoms. The minimum absolute atomic E-state index is 0.0523. The van der Waals surface area contributed by atoms with Gasteiger partial charge in [-0.3, -0.25) is 14.9 Å². The van der Waals surface area contributed by atoms with E-state index in [0.717, 1.165) is 24.0 Å². The van der Waals surface area contributed by atoms with Crippen LogP contribution in [-0.2, 0) is 11.3 Å². The van der Waals surface area contributed by atoms with Crippen LogP contribution in [0, 0.1) is 10.1 Å². The second kappa shape index (κ2) is 6.83. The summed E-state index contributed by atoms with van der Waals surface area (Å²) < 4.78 is 0. The number of hydrogen-bond donors (Lipinski definition) is 0. The fourth-order valence-corrected chi connectivity index (χ4v) is 3.26. The van der Waals surface area contributed by atoms with Crippen LogP contribution in [0.2, 0.25) is 0 Å². The van der Waals surface area contributed by atoms with Crippen molar-refractivity contribution < 1.29 is 9.72 Å². The van der Waals surface area contributed by atoms with Crippen LogP contribution >= 0.6 is 0 Å². The highest BCUT2D eigenvalue weighted by molar-refractivity contribution is 5.84. The predicted octanol–water partition coefficient (Wildman–Crippen LogP) is 3.89. The Hall–Kier alpha value is -2.69. The molecule has 0 aromatic heterocycles. The number of likely N-dealkylation sites (tertiary alicyclic amines) is 1. The van der Waals surface area contributed by atoms with Gasteiger partial charge in [-0.05, 0) is 30.9 Å². The monoisotopic (exact) mass is 324 g/mol. The number of benzene rings is 2. The average Bonchev–Trinajstić information content (AvgIpc) is 2.60. The molecule has 1 aliphatic rings. The van der Waals surface area contributed by atoms with Crippen LogP contribution in [0.25, 0.3) is 0 Å². The van der Waals surface area contributed by atoms with E-state index in [-0.39, 0.29) is 23.6 Å². The summed E-state index contributed by atoms with van der Waals surface area (Å²) >= 11 is 0. The molecule has 1 saturated heterocycles. The van der Waals surface area contributed by atoms with Crippen LogP contribution in [0.5, 0.6) is 0 Å². The van der Waals surface area contributed by atoms with Crippen molar-refractivity contribution >= 4 is 11.6 Å². The summed E-state index contributed by atoms with van der Waals surface area (Å²) in [5.74, 6) is -0.114. The molecule has 0 radical (unpaired) electrons. The van der Waals surface area contributed by atoms with Gasteiger partial charge in [0.15, 0.2) is 0 Å². The molecule has 124 valence electrons. The number of nitrogens with zero attached hydrogens (tertiary/aromatic N) is 2. The highest BCUT2D eigenvalue weighted by atomic mass is 16.6. The number of non-ortho nitro benzene ring substituents is 1. The molecule has 0 N–H and O–H groups in total. The molecule has 5 heteroatoms. The number of amides is 1. The second-order valence-electron chi connectivity index (χ2n) is 6.28. The van der Waals surface area contributed by atoms with Crippen molar-refractivity contribution in [1.82, 2.24) is 4.90 Å². The molecule has 0 spiro atoms. The topological polar surface area (TPSA) is 63.5 Å². The van der Waals surface area contributed by atoms with Crippen molar-refractivity contribution in [2.75, 3.05) is 0 Å². The second-order valence-corrected chi connectivity index (χ2v) is 6.28. The molecule has 3 rings (SSSR count). The van der Waals surface area contributed by atoms with E-state index in [0.29, 0.717) is 6.54 Å². The first kappa shape index (κ1) is 16.2. The summed E-state index contributed by atoms with van der Waals surface area (Å²) in [6.45, 7) is 2.68. The first-order valence-electron chi connectivity index (χ1n) is 8.15. The molecule has 1 heterocycles. The molecule has 0 aliphatic carbocycles. The lowest BCUT2D eigenvalue weighted by Gasteiger charge is -2.38. The van der Waals surface area contributed by atoms with E-state index in [1.54, 1.807) is 12.1 Å². The molecule has 1 unspecified atom stereocenters. The van der Waals surface area contributed by atoms with E-state index in [2.05, 4.69) is 6.92 Å². The minimum atomic E-state index is -0.420. The van der Waals surface area contributed by atoms with E-state index < -0.39 is 4.92 Å². The van der Waals surface area contributed by atoms with Gasteiger partial charge in [0.25, 0.3) is 5.69 Å². The number of piperidine rings is 1. The summed E-state index contributed by atoms with van der Waals surface area (Å²) in [4.78, 5) is 25.2. The molecule has 0 bridgehead atoms. The van der Waals surface area contributed by atoms with E-state index >= 15 is 0 Å². The number of carbonyl (C=O) groups is 1. The SMILES string of the molecule is C[C@H]1CCC(c2ccc([N+](=O)[O-])cc2)C(=O)N1Cc1ccccc1. The standard InChI is InChI=1S/C19H20N2O3/c1-14-7-12-18(16-8-10-17(11-9-16)21(23)24)19(22)20(14)13-15-5-3-2-4-6-15/h2-6,8-11,14,18H,7,12-13H2,1H3/t14-,18?/m0/s1. The molecular formula is C19H20N2O3. The summed E-state index contributed by atoms with van der Waals surface area (Å²) in [5.41, 5.74) is 2.02. The maximum Gasteiger partial charge on any atom is 0.269 e. The Balaban J connectivity index is 1.80. The number of nitro groups is 1. The third-order valence-electron chi connectivity index (χ3n) is 4.69. The quantitative estimate of drug-likeness (QED) is 0.633. The molecular weight excluding hydrogens is 304 g/mol. The van der Waals surface area contributed by atoms with Crippen LogP contribution in [0.15, 0.2) is 54.6 Å². The largest absolute Gasteiger partial charge is 0.335 e. The fraction of sp³-hybridized carbons (Fsp3) is 0.316. The highest BCUT2D eigenvalue weighted by Crippen LogP contribution is 2.33. The van der Waals surface area contributed by atoms with Gasteiger partial charge >= 0.3 is 0 Å². The first-order valence-corrected chi connectivity index (χ1v) is 8.15. The lowest BCUT2D eigenvalue weighted by Crippen LogP contribution is -2.45. The lowest BCUT2D eigenvalue weighted by atomic mass is 9.86. The third kappa shape index (κ3) is 3.30. The zero-order valence-corrected chi connectivity index (χ0v) is 13.6. The fourth-order valence-electron chi connectivity index (χ4n) is 3.26. The zero-order valence-electron chi connectivity index (χ0n) is 13.6. The molecule has 2 atom stereocenters. The highest BCUT2D eigenvalue weighted by Gasteiger charge is 2.34. The Kier molecular flexibility index (Phi) is 4.60. The van der Waals surface area contributed by atoms with Gasteiger partial charge in [0.05, 0.1) is 10.8 Å². The number of carbonyl (C=O) groups excluding carboxylic acids is 1. The summed E-state index contributed by atoms with van der Waals surface area (Å²) in [7, 11) is 0. The lowest BCUT2D eigenvalue weighted by molar-refractivity contribution is -0.384. The van der Waals surface area contributed by atoms with Gasteiger partial charge in [-0.15, -0.1) is 0 Å². The maximum atomic E-state index is 13.0. The third-order valence-corrected chi connectivity index (χ3v) is 4.69. The molecule has 2 aromatic carbocycles. The van der Waals surface area contributed by atoms with Crippen LogP contribution < -0.4 is 0 Å². The van der Waals surface area contributed by atoms with E-state index in [1.165, 1.54) is 12.1 Å². The summed E-state index contributed by atoms with van der Waals surface area (Å²) in [6, 6.07) is 16.5. The van der Waals surface area contributed by atoms with Crippen molar-refractivity contribution in [3.63, 3.8) is 0 Å². The van der Waals surface area contributed by atoms with E-state index in [4.69, 9.17) is 0 Å². The first-order chi connectivity index (χ1) is 11.6. The van der Waals surface area contributed by atoms with Crippen molar-refractivity contribution in [2.24, 2.45) is 0 Å². The van der Waals surface area contributed by atoms with E-state index in [1.807, 2.05) is 35.2 Å². The zero-order chi connectivity index (χ0) is 17.1. The van der Waals surface area contributed by atoms with Crippen LogP contribution in [0.3, 0.4) is 0 Å². The maximum absolute atomic E-state index is 13.0. The summed E-state index contributed by atoms with van der Waals surface area (Å²) in [6.07, 6.45) is 1.71. The smallest absolute Gasteiger partial charge is 0.269 e. The number of nitro benzene ring substituents is 1. The average molecular weight is 324 g/mol. The number of rotatable bonds is 4. The van der Waals surface area contributed by atoms with Crippen LogP contribution in [0.4, 0.5) is 5.69 Å². The van der Waals surface area contributed by atoms with Gasteiger partial charge in [-0.1, -0.05) is 42.5 Å². The minimum Gasteiger partial charge on any atom is -0.335 e.